The van der Waals surface area contributed by atoms with Gasteiger partial charge in [0.25, 0.3) is 5.56 Å². The van der Waals surface area contributed by atoms with Crippen LogP contribution >= 0.6 is 15.6 Å². The maximum Gasteiger partial charge on any atom is 0.472 e. The number of hydrogen-bond donors (Lipinski definition) is 6. The van der Waals surface area contributed by atoms with E-state index in [0.29, 0.717) is 0 Å². The number of nitrogens with two attached hydrogens (primary N) is 2. The molecule has 50 heavy (non-hydrogen) atoms. The van der Waals surface area contributed by atoms with E-state index in [-0.39, 0.29) is 28.1 Å². The Morgan fingerprint density at radius 2 is 1.54 bits per heavy atom. The van der Waals surface area contributed by atoms with Gasteiger partial charge in [0.1, 0.15) is 55.1 Å². The first-order valence-corrected chi connectivity index (χ1v) is 17.1. The number of phosphoric acid groups is 2. The summed E-state index contributed by atoms with van der Waals surface area (Å²) in [5, 5.41) is 11.2. The number of aromatic amines is 1. The van der Waals surface area contributed by atoms with Crippen molar-refractivity contribution >= 4 is 49.7 Å². The number of H-pyrrole nitrogens is 1. The third-order valence-corrected chi connectivity index (χ3v) is 9.70. The molecule has 4 aromatic heterocycles. The van der Waals surface area contributed by atoms with Crippen LogP contribution in [0.15, 0.2) is 23.8 Å². The molecule has 0 aromatic carbocycles. The van der Waals surface area contributed by atoms with Crippen LogP contribution < -0.4 is 17.0 Å². The molecular formula is C22H25F3N10O13P2. The number of aliphatic hydroxyl groups is 1. The van der Waals surface area contributed by atoms with Crippen LogP contribution in [0.2, 0.25) is 0 Å². The van der Waals surface area contributed by atoms with Gasteiger partial charge in [-0.3, -0.25) is 37.0 Å². The lowest BCUT2D eigenvalue weighted by molar-refractivity contribution is -0.196. The molecule has 7 heterocycles. The number of nitrogen functional groups attached to an aromatic ring is 2. The first-order chi connectivity index (χ1) is 23.5. The van der Waals surface area contributed by atoms with Gasteiger partial charge in [-0.15, -0.1) is 0 Å². The molecule has 0 amide bonds. The molecule has 10 atom stereocenters. The summed E-state index contributed by atoms with van der Waals surface area (Å²) in [6, 6.07) is 0. The van der Waals surface area contributed by atoms with Gasteiger partial charge in [-0.1, -0.05) is 0 Å². The van der Waals surface area contributed by atoms with E-state index in [2.05, 4.69) is 29.9 Å². The topological polar surface area (TPSA) is 319 Å². The van der Waals surface area contributed by atoms with E-state index in [4.69, 9.17) is 43.8 Å². The maximum atomic E-state index is 13.4. The van der Waals surface area contributed by atoms with Crippen molar-refractivity contribution in [2.24, 2.45) is 0 Å². The maximum absolute atomic E-state index is 13.4. The Kier molecular flexibility index (Phi) is 8.72. The van der Waals surface area contributed by atoms with Crippen LogP contribution in [0, 0.1) is 0 Å². The standard InChI is InChI=1S/C22H25F3N10O13P2/c23-22(24,25)3-42-13-8-2-44-49(38,39)47-12-7(45-19(11(12)36)34-5-30-9-15(26)28-4-29-16(9)34)1-43-50(40,41)48-14(13)20(46-8)35-6-31-10-17(35)32-21(27)33-18(10)37/h4-8,11-14,19-20,36H,1-3H2,(H,38,39)(H,40,41)(H2,26,28,29)(H3,27,32,33,37)/t7-,8-,11+,12?,13?,14+,19-,20-/m1/s1. The minimum absolute atomic E-state index is 0.0163. The Morgan fingerprint density at radius 3 is 2.24 bits per heavy atom. The average Bonchev–Trinajstić information content (AvgIpc) is 3.78. The molecule has 8 N–H and O–H groups in total. The summed E-state index contributed by atoms with van der Waals surface area (Å²) in [7, 11) is -10.7. The molecule has 0 spiro atoms. The van der Waals surface area contributed by atoms with Crippen molar-refractivity contribution in [1.29, 1.82) is 0 Å². The molecule has 23 nitrogen and oxygen atoms in total. The third kappa shape index (κ3) is 6.60. The monoisotopic (exact) mass is 756 g/mol. The number of imidazole rings is 2. The van der Waals surface area contributed by atoms with Crippen molar-refractivity contribution < 1.29 is 69.5 Å². The van der Waals surface area contributed by atoms with Crippen LogP contribution in [0.3, 0.4) is 0 Å². The summed E-state index contributed by atoms with van der Waals surface area (Å²) < 4.78 is 106. The van der Waals surface area contributed by atoms with Gasteiger partial charge < -0.3 is 40.6 Å². The Labute approximate surface area is 274 Å². The number of nitrogens with zero attached hydrogens (tertiary/aromatic N) is 7. The SMILES string of the molecule is Nc1nc2c(ncn2[C@@H]2O[C@@H]3COP(=O)(O)OC4[C@@H](COP(=O)(O)O[C@H]2C3OCC(F)(F)F)O[C@@H](n2cnc3c(N)ncnc32)[C@H]4O)c(=O)[nH]1. The zero-order valence-electron chi connectivity index (χ0n) is 24.7. The second kappa shape index (κ2) is 12.5. The van der Waals surface area contributed by atoms with Gasteiger partial charge in [-0.25, -0.2) is 29.1 Å². The first kappa shape index (κ1) is 34.8. The molecule has 0 aliphatic carbocycles. The number of fused-ring (bicyclic) bond motifs is 5. The van der Waals surface area contributed by atoms with Gasteiger partial charge in [0.05, 0.1) is 25.9 Å². The summed E-state index contributed by atoms with van der Waals surface area (Å²) in [5.74, 6) is -0.412. The highest BCUT2D eigenvalue weighted by atomic mass is 31.2. The second-order valence-electron chi connectivity index (χ2n) is 11.0. The van der Waals surface area contributed by atoms with Gasteiger partial charge in [0.15, 0.2) is 35.1 Å². The van der Waals surface area contributed by atoms with Gasteiger partial charge in [-0.2, -0.15) is 18.2 Å². The van der Waals surface area contributed by atoms with Crippen molar-refractivity contribution in [3.05, 3.63) is 29.3 Å². The predicted molar refractivity (Wildman–Crippen MR) is 153 cm³/mol. The van der Waals surface area contributed by atoms with E-state index in [9.17, 15) is 42.0 Å². The molecule has 3 aliphatic rings. The number of ether oxygens (including phenoxy) is 3. The molecule has 3 saturated heterocycles. The normalized spacial score (nSPS) is 35.5. The summed E-state index contributed by atoms with van der Waals surface area (Å²) in [4.78, 5) is 55.9. The van der Waals surface area contributed by atoms with E-state index < -0.39 is 102 Å². The summed E-state index contributed by atoms with van der Waals surface area (Å²) in [6.45, 7) is -3.96. The van der Waals surface area contributed by atoms with Crippen LogP contribution in [0.25, 0.3) is 22.3 Å². The number of hydrogen-bond acceptors (Lipinski definition) is 18. The zero-order valence-corrected chi connectivity index (χ0v) is 26.5. The van der Waals surface area contributed by atoms with E-state index in [1.807, 2.05) is 0 Å². The van der Waals surface area contributed by atoms with E-state index in [0.717, 1.165) is 17.2 Å². The Bertz CT molecular complexity index is 2080. The number of alkyl halides is 3. The highest BCUT2D eigenvalue weighted by Gasteiger charge is 2.55. The van der Waals surface area contributed by atoms with E-state index >= 15 is 0 Å². The van der Waals surface area contributed by atoms with Crippen LogP contribution in [0.5, 0.6) is 0 Å². The van der Waals surface area contributed by atoms with E-state index in [1.54, 1.807) is 0 Å². The highest BCUT2D eigenvalue weighted by molar-refractivity contribution is 7.47. The molecule has 4 unspecified atom stereocenters. The number of aliphatic hydroxyl groups excluding tert-OH is 1. The fourth-order valence-electron chi connectivity index (χ4n) is 5.67. The number of rotatable bonds is 4. The lowest BCUT2D eigenvalue weighted by atomic mass is 10.1. The molecule has 3 aliphatic heterocycles. The van der Waals surface area contributed by atoms with Gasteiger partial charge >= 0.3 is 21.8 Å². The molecular weight excluding hydrogens is 731 g/mol. The smallest absolute Gasteiger partial charge is 0.386 e. The van der Waals surface area contributed by atoms with Crippen LogP contribution in [-0.4, -0.2) is 117 Å². The van der Waals surface area contributed by atoms with Crippen molar-refractivity contribution in [2.75, 3.05) is 31.3 Å². The Balaban J connectivity index is 1.24. The number of halogens is 3. The van der Waals surface area contributed by atoms with E-state index in [1.165, 1.54) is 10.9 Å². The van der Waals surface area contributed by atoms with Gasteiger partial charge in [0, 0.05) is 0 Å². The lowest BCUT2D eigenvalue weighted by Crippen LogP contribution is -2.40. The molecule has 3 fully saturated rings. The molecule has 272 valence electrons. The summed E-state index contributed by atoms with van der Waals surface area (Å²) in [6.07, 6.45) is -15.8. The number of phosphoric ester groups is 2. The van der Waals surface area contributed by atoms with Crippen molar-refractivity contribution in [3.8, 4) is 0 Å². The minimum atomic E-state index is -5.38. The van der Waals surface area contributed by atoms with Crippen LogP contribution in [0.4, 0.5) is 24.9 Å². The molecule has 0 saturated carbocycles. The summed E-state index contributed by atoms with van der Waals surface area (Å²) in [5.41, 5.74) is 10.3. The Morgan fingerprint density at radius 1 is 0.920 bits per heavy atom. The number of nitrogens with one attached hydrogen (secondary N) is 1. The molecule has 0 radical (unpaired) electrons. The predicted octanol–water partition coefficient (Wildman–Crippen LogP) is -0.755. The van der Waals surface area contributed by atoms with Crippen molar-refractivity contribution in [2.45, 2.75) is 55.3 Å². The second-order valence-corrected chi connectivity index (χ2v) is 13.9. The third-order valence-electron chi connectivity index (χ3n) is 7.73. The van der Waals surface area contributed by atoms with Crippen LogP contribution in [0.1, 0.15) is 12.5 Å². The fraction of sp³-hybridized carbons (Fsp3) is 0.545. The average molecular weight is 756 g/mol. The van der Waals surface area contributed by atoms with Crippen LogP contribution in [-0.2, 0) is 41.4 Å². The molecule has 28 heteroatoms. The lowest BCUT2D eigenvalue weighted by Gasteiger charge is -2.27. The van der Waals surface area contributed by atoms with Crippen molar-refractivity contribution in [3.63, 3.8) is 0 Å². The Hall–Kier alpha value is -3.65. The van der Waals surface area contributed by atoms with Gasteiger partial charge in [0.2, 0.25) is 5.95 Å². The highest BCUT2D eigenvalue weighted by Crippen LogP contribution is 2.54. The first-order valence-electron chi connectivity index (χ1n) is 14.1. The quantitative estimate of drug-likeness (QED) is 0.139. The van der Waals surface area contributed by atoms with Gasteiger partial charge in [-0.05, 0) is 0 Å². The summed E-state index contributed by atoms with van der Waals surface area (Å²) >= 11 is 0. The fourth-order valence-corrected chi connectivity index (χ4v) is 7.57. The number of aromatic nitrogens is 8. The molecule has 7 rings (SSSR count). The number of anilines is 2. The molecule has 2 bridgehead atoms. The molecule has 4 aromatic rings. The minimum Gasteiger partial charge on any atom is -0.386 e. The van der Waals surface area contributed by atoms with Crippen molar-refractivity contribution in [1.82, 2.24) is 39.0 Å². The zero-order chi connectivity index (χ0) is 35.7. The largest absolute Gasteiger partial charge is 0.472 e.